The zero-order valence-electron chi connectivity index (χ0n) is 18.1. The van der Waals surface area contributed by atoms with E-state index in [0.29, 0.717) is 11.4 Å². The zero-order chi connectivity index (χ0) is 20.7. The van der Waals surface area contributed by atoms with Gasteiger partial charge in [0.05, 0.1) is 29.8 Å². The van der Waals surface area contributed by atoms with E-state index in [0.717, 1.165) is 18.5 Å². The van der Waals surface area contributed by atoms with Crippen molar-refractivity contribution in [3.8, 4) is 0 Å². The van der Waals surface area contributed by atoms with Crippen LogP contribution in [0.3, 0.4) is 0 Å². The molecule has 0 amide bonds. The average Bonchev–Trinajstić information content (AvgIpc) is 2.93. The molecule has 3 rings (SSSR count). The number of nitrogens with zero attached hydrogens (tertiary/aromatic N) is 4. The van der Waals surface area contributed by atoms with E-state index in [1.54, 1.807) is 24.7 Å². The molecule has 0 bridgehead atoms. The summed E-state index contributed by atoms with van der Waals surface area (Å²) in [7, 11) is -1.81. The van der Waals surface area contributed by atoms with Crippen LogP contribution in [0.5, 0.6) is 0 Å². The second-order valence-corrected chi connectivity index (χ2v) is 14.5. The van der Waals surface area contributed by atoms with E-state index in [1.165, 1.54) is 0 Å². The molecule has 1 aliphatic rings. The van der Waals surface area contributed by atoms with Gasteiger partial charge in [-0.05, 0) is 50.9 Å². The van der Waals surface area contributed by atoms with Crippen LogP contribution in [0.2, 0.25) is 18.1 Å². The van der Waals surface area contributed by atoms with Crippen LogP contribution in [-0.2, 0) is 10.8 Å². The first kappa shape index (κ1) is 20.9. The summed E-state index contributed by atoms with van der Waals surface area (Å²) in [5, 5.41) is 4.72. The summed E-state index contributed by atoms with van der Waals surface area (Å²) >= 11 is 0. The van der Waals surface area contributed by atoms with Gasteiger partial charge >= 0.3 is 0 Å². The number of ketones is 1. The Morgan fingerprint density at radius 2 is 1.89 bits per heavy atom. The SMILES string of the molecule is Cc1c(C(=O)Cc2ncccn2)cnn1C1CC(C)(O[Si](C)(C)C(C)(C)C)C1. The van der Waals surface area contributed by atoms with Crippen molar-refractivity contribution in [3.05, 3.63) is 41.7 Å². The van der Waals surface area contributed by atoms with Gasteiger partial charge in [0.25, 0.3) is 0 Å². The van der Waals surface area contributed by atoms with E-state index >= 15 is 0 Å². The highest BCUT2D eigenvalue weighted by molar-refractivity contribution is 6.74. The maximum Gasteiger partial charge on any atom is 0.192 e. The van der Waals surface area contributed by atoms with Gasteiger partial charge < -0.3 is 4.43 Å². The molecule has 1 aliphatic carbocycles. The number of hydrogen-bond donors (Lipinski definition) is 0. The summed E-state index contributed by atoms with van der Waals surface area (Å²) in [6.45, 7) is 15.6. The quantitative estimate of drug-likeness (QED) is 0.526. The first-order valence-corrected chi connectivity index (χ1v) is 12.9. The molecule has 0 saturated heterocycles. The van der Waals surface area contributed by atoms with Gasteiger partial charge in [-0.2, -0.15) is 5.10 Å². The van der Waals surface area contributed by atoms with Crippen molar-refractivity contribution in [1.82, 2.24) is 19.7 Å². The molecule has 1 fully saturated rings. The molecule has 0 aromatic carbocycles. The van der Waals surface area contributed by atoms with Gasteiger partial charge in [-0.1, -0.05) is 20.8 Å². The number of rotatable bonds is 6. The van der Waals surface area contributed by atoms with Crippen molar-refractivity contribution in [2.45, 2.75) is 83.7 Å². The van der Waals surface area contributed by atoms with E-state index in [4.69, 9.17) is 4.43 Å². The minimum absolute atomic E-state index is 0.00885. The highest BCUT2D eigenvalue weighted by Crippen LogP contribution is 2.49. The summed E-state index contributed by atoms with van der Waals surface area (Å²) in [5.41, 5.74) is 1.47. The molecule has 2 aromatic heterocycles. The van der Waals surface area contributed by atoms with Gasteiger partial charge in [-0.25, -0.2) is 9.97 Å². The standard InChI is InChI=1S/C21H32N4O2Si/c1-15-17(18(26)11-19-22-9-8-10-23-19)14-24-25(15)16-12-21(5,13-16)27-28(6,7)20(2,3)4/h8-10,14,16H,11-13H2,1-7H3. The van der Waals surface area contributed by atoms with Gasteiger partial charge in [0.1, 0.15) is 5.82 Å². The second-order valence-electron chi connectivity index (χ2n) is 9.73. The van der Waals surface area contributed by atoms with Crippen molar-refractivity contribution >= 4 is 14.1 Å². The van der Waals surface area contributed by atoms with Crippen molar-refractivity contribution in [3.63, 3.8) is 0 Å². The van der Waals surface area contributed by atoms with E-state index in [2.05, 4.69) is 55.9 Å². The van der Waals surface area contributed by atoms with Crippen LogP contribution < -0.4 is 0 Å². The summed E-state index contributed by atoms with van der Waals surface area (Å²) < 4.78 is 8.66. The van der Waals surface area contributed by atoms with E-state index in [1.807, 2.05) is 11.6 Å². The van der Waals surface area contributed by atoms with Gasteiger partial charge in [0.2, 0.25) is 0 Å². The van der Waals surface area contributed by atoms with Crippen molar-refractivity contribution in [1.29, 1.82) is 0 Å². The lowest BCUT2D eigenvalue weighted by Crippen LogP contribution is -2.54. The molecule has 0 spiro atoms. The third kappa shape index (κ3) is 4.10. The minimum atomic E-state index is -1.81. The van der Waals surface area contributed by atoms with Crippen molar-refractivity contribution < 1.29 is 9.22 Å². The monoisotopic (exact) mass is 400 g/mol. The lowest BCUT2D eigenvalue weighted by molar-refractivity contribution is -0.0429. The smallest absolute Gasteiger partial charge is 0.192 e. The van der Waals surface area contributed by atoms with Crippen LogP contribution >= 0.6 is 0 Å². The molecule has 0 radical (unpaired) electrons. The summed E-state index contributed by atoms with van der Waals surface area (Å²) in [4.78, 5) is 20.9. The summed E-state index contributed by atoms with van der Waals surface area (Å²) in [6, 6.07) is 2.03. The highest BCUT2D eigenvalue weighted by Gasteiger charge is 2.49. The molecule has 0 aliphatic heterocycles. The maximum absolute atomic E-state index is 12.7. The van der Waals surface area contributed by atoms with Crippen LogP contribution in [0.4, 0.5) is 0 Å². The van der Waals surface area contributed by atoms with Crippen LogP contribution in [0.25, 0.3) is 0 Å². The van der Waals surface area contributed by atoms with E-state index in [9.17, 15) is 4.79 Å². The highest BCUT2D eigenvalue weighted by atomic mass is 28.4. The fraction of sp³-hybridized carbons (Fsp3) is 0.619. The molecule has 7 heteroatoms. The fourth-order valence-corrected chi connectivity index (χ4v) is 5.39. The van der Waals surface area contributed by atoms with Gasteiger partial charge in [-0.15, -0.1) is 0 Å². The largest absolute Gasteiger partial charge is 0.411 e. The number of hydrogen-bond acceptors (Lipinski definition) is 5. The molecule has 2 heterocycles. The Balaban J connectivity index is 1.66. The number of aromatic nitrogens is 4. The summed E-state index contributed by atoms with van der Waals surface area (Å²) in [5.74, 6) is 0.549. The molecule has 28 heavy (non-hydrogen) atoms. The van der Waals surface area contributed by atoms with Crippen molar-refractivity contribution in [2.75, 3.05) is 0 Å². The third-order valence-electron chi connectivity index (χ3n) is 6.27. The Kier molecular flexibility index (Phi) is 5.36. The molecular weight excluding hydrogens is 368 g/mol. The molecule has 152 valence electrons. The van der Waals surface area contributed by atoms with Gasteiger partial charge in [-0.3, -0.25) is 9.48 Å². The minimum Gasteiger partial charge on any atom is -0.411 e. The van der Waals surface area contributed by atoms with Gasteiger partial charge in [0.15, 0.2) is 14.1 Å². The first-order valence-electron chi connectivity index (χ1n) is 9.95. The molecule has 2 aromatic rings. The van der Waals surface area contributed by atoms with E-state index < -0.39 is 8.32 Å². The Bertz CT molecular complexity index is 849. The molecular formula is C21H32N4O2Si. The lowest BCUT2D eigenvalue weighted by Gasteiger charge is -2.52. The predicted molar refractivity (Wildman–Crippen MR) is 112 cm³/mol. The van der Waals surface area contributed by atoms with Crippen LogP contribution in [0.15, 0.2) is 24.7 Å². The Hall–Kier alpha value is -1.86. The predicted octanol–water partition coefficient (Wildman–Crippen LogP) is 4.52. The van der Waals surface area contributed by atoms with Crippen molar-refractivity contribution in [2.24, 2.45) is 0 Å². The Labute approximate surface area is 168 Å². The van der Waals surface area contributed by atoms with Crippen LogP contribution in [0, 0.1) is 6.92 Å². The Morgan fingerprint density at radius 3 is 2.46 bits per heavy atom. The molecule has 0 atom stereocenters. The third-order valence-corrected chi connectivity index (χ3v) is 10.9. The van der Waals surface area contributed by atoms with Gasteiger partial charge in [0, 0.05) is 18.1 Å². The average molecular weight is 401 g/mol. The summed E-state index contributed by atoms with van der Waals surface area (Å²) in [6.07, 6.45) is 7.05. The number of Topliss-reactive ketones (excluding diaryl/α,β-unsaturated/α-hetero) is 1. The van der Waals surface area contributed by atoms with Crippen LogP contribution in [-0.4, -0.2) is 39.5 Å². The van der Waals surface area contributed by atoms with E-state index in [-0.39, 0.29) is 28.9 Å². The zero-order valence-corrected chi connectivity index (χ0v) is 19.1. The molecule has 0 N–H and O–H groups in total. The van der Waals surface area contributed by atoms with Crippen LogP contribution in [0.1, 0.15) is 68.5 Å². The normalized spacial score (nSPS) is 22.8. The molecule has 1 saturated carbocycles. The topological polar surface area (TPSA) is 69.9 Å². The lowest BCUT2D eigenvalue weighted by atomic mass is 9.77. The molecule has 0 unspecified atom stereocenters. The fourth-order valence-electron chi connectivity index (χ4n) is 3.69. The molecule has 6 nitrogen and oxygen atoms in total. The maximum atomic E-state index is 12.7. The number of carbonyl (C=O) groups is 1. The second kappa shape index (κ2) is 7.19. The first-order chi connectivity index (χ1) is 12.9. The number of carbonyl (C=O) groups excluding carboxylic acids is 1. The Morgan fingerprint density at radius 1 is 1.29 bits per heavy atom.